The minimum absolute atomic E-state index is 0.0484. The third-order valence-electron chi connectivity index (χ3n) is 4.01. The number of carboxylic acids is 2. The topological polar surface area (TPSA) is 168 Å². The van der Waals surface area contributed by atoms with Crippen LogP contribution in [0.2, 0.25) is 0 Å². The van der Waals surface area contributed by atoms with Crippen molar-refractivity contribution >= 4 is 29.5 Å². The van der Waals surface area contributed by atoms with Crippen LogP contribution in [0.1, 0.15) is 46.5 Å². The van der Waals surface area contributed by atoms with Gasteiger partial charge in [0.2, 0.25) is 11.8 Å². The lowest BCUT2D eigenvalue weighted by Crippen LogP contribution is -2.47. The van der Waals surface area contributed by atoms with Crippen LogP contribution in [0, 0.1) is 5.41 Å². The molecule has 0 radical (unpaired) electrons. The van der Waals surface area contributed by atoms with Crippen molar-refractivity contribution in [2.75, 3.05) is 33.0 Å². The molecule has 1 atom stereocenters. The molecule has 0 fully saturated rings. The molecule has 0 aliphatic heterocycles. The van der Waals surface area contributed by atoms with E-state index in [4.69, 9.17) is 14.6 Å². The zero-order chi connectivity index (χ0) is 23.2. The van der Waals surface area contributed by atoms with Gasteiger partial charge in [-0.05, 0) is 13.3 Å². The molecule has 30 heavy (non-hydrogen) atoms. The van der Waals surface area contributed by atoms with E-state index in [2.05, 4.69) is 10.6 Å². The van der Waals surface area contributed by atoms with Crippen molar-refractivity contribution in [3.05, 3.63) is 0 Å². The van der Waals surface area contributed by atoms with Crippen LogP contribution in [0.3, 0.4) is 0 Å². The lowest BCUT2D eigenvalue weighted by atomic mass is 9.88. The molecule has 0 bridgehead atoms. The summed E-state index contributed by atoms with van der Waals surface area (Å²) in [5.41, 5.74) is -1.28. The molecule has 0 heterocycles. The molecule has 11 heteroatoms. The second-order valence-electron chi connectivity index (χ2n) is 7.38. The Hall–Kier alpha value is -2.53. The largest absolute Gasteiger partial charge is 0.481 e. The summed E-state index contributed by atoms with van der Waals surface area (Å²) < 4.78 is 10.4. The SMILES string of the molecule is CC(=O)CCOCCOCCNC(=O)CCC(NC(=O)C(C)(C)CC(=O)O)C(=O)O. The van der Waals surface area contributed by atoms with Gasteiger partial charge < -0.3 is 30.3 Å². The molecule has 0 spiro atoms. The fourth-order valence-electron chi connectivity index (χ4n) is 2.23. The molecule has 11 nitrogen and oxygen atoms in total. The number of amides is 2. The highest BCUT2D eigenvalue weighted by Gasteiger charge is 2.33. The Morgan fingerprint density at radius 2 is 1.53 bits per heavy atom. The number of ether oxygens (including phenoxy) is 2. The normalized spacial score (nSPS) is 12.1. The molecule has 0 saturated carbocycles. The van der Waals surface area contributed by atoms with Crippen LogP contribution in [0.15, 0.2) is 0 Å². The third-order valence-corrected chi connectivity index (χ3v) is 4.01. The maximum atomic E-state index is 12.1. The molecule has 0 aliphatic carbocycles. The van der Waals surface area contributed by atoms with Gasteiger partial charge >= 0.3 is 11.9 Å². The standard InChI is InChI=1S/C19H32N2O9/c1-13(22)6-8-29-10-11-30-9-7-20-15(23)5-4-14(17(26)27)21-18(28)19(2,3)12-16(24)25/h14H,4-12H2,1-3H3,(H,20,23)(H,21,28)(H,24,25)(H,26,27). The smallest absolute Gasteiger partial charge is 0.326 e. The van der Waals surface area contributed by atoms with Gasteiger partial charge in [0.05, 0.1) is 38.3 Å². The second-order valence-corrected chi connectivity index (χ2v) is 7.38. The zero-order valence-corrected chi connectivity index (χ0v) is 17.7. The van der Waals surface area contributed by atoms with Gasteiger partial charge in [0.15, 0.2) is 0 Å². The van der Waals surface area contributed by atoms with E-state index >= 15 is 0 Å². The third kappa shape index (κ3) is 13.6. The van der Waals surface area contributed by atoms with E-state index in [0.29, 0.717) is 26.2 Å². The van der Waals surface area contributed by atoms with Crippen molar-refractivity contribution in [1.82, 2.24) is 10.6 Å². The highest BCUT2D eigenvalue weighted by atomic mass is 16.5. The first-order valence-corrected chi connectivity index (χ1v) is 9.63. The molecule has 0 aromatic rings. The van der Waals surface area contributed by atoms with Crippen LogP contribution in [-0.2, 0) is 33.4 Å². The highest BCUT2D eigenvalue weighted by Crippen LogP contribution is 2.21. The predicted molar refractivity (Wildman–Crippen MR) is 105 cm³/mol. The Kier molecular flexibility index (Phi) is 13.2. The number of nitrogens with one attached hydrogen (secondary N) is 2. The lowest BCUT2D eigenvalue weighted by molar-refractivity contribution is -0.146. The first kappa shape index (κ1) is 27.5. The fourth-order valence-corrected chi connectivity index (χ4v) is 2.23. The molecule has 4 N–H and O–H groups in total. The molecule has 0 aromatic carbocycles. The number of carbonyl (C=O) groups is 5. The van der Waals surface area contributed by atoms with Crippen molar-refractivity contribution in [3.63, 3.8) is 0 Å². The Morgan fingerprint density at radius 1 is 0.933 bits per heavy atom. The Bertz CT molecular complexity index is 605. The summed E-state index contributed by atoms with van der Waals surface area (Å²) >= 11 is 0. The number of hydrogen-bond donors (Lipinski definition) is 4. The second kappa shape index (κ2) is 14.5. The number of ketones is 1. The van der Waals surface area contributed by atoms with Crippen LogP contribution >= 0.6 is 0 Å². The Balaban J connectivity index is 4.09. The number of aliphatic carboxylic acids is 2. The molecule has 2 amide bonds. The van der Waals surface area contributed by atoms with Gasteiger partial charge in [0.25, 0.3) is 0 Å². The summed E-state index contributed by atoms with van der Waals surface area (Å²) in [7, 11) is 0. The Morgan fingerprint density at radius 3 is 2.07 bits per heavy atom. The maximum Gasteiger partial charge on any atom is 0.326 e. The van der Waals surface area contributed by atoms with Gasteiger partial charge in [0, 0.05) is 19.4 Å². The minimum atomic E-state index is -1.31. The summed E-state index contributed by atoms with van der Waals surface area (Å²) in [6, 6.07) is -1.31. The van der Waals surface area contributed by atoms with E-state index in [-0.39, 0.29) is 31.8 Å². The van der Waals surface area contributed by atoms with Crippen LogP contribution in [0.5, 0.6) is 0 Å². The number of carbonyl (C=O) groups excluding carboxylic acids is 3. The van der Waals surface area contributed by atoms with Gasteiger partial charge in [-0.3, -0.25) is 19.2 Å². The molecular formula is C19H32N2O9. The predicted octanol–water partition coefficient (Wildman–Crippen LogP) is -0.0346. The summed E-state index contributed by atoms with van der Waals surface area (Å²) in [6.07, 6.45) is -0.371. The van der Waals surface area contributed by atoms with E-state index in [1.807, 2.05) is 0 Å². The summed E-state index contributed by atoms with van der Waals surface area (Å²) in [4.78, 5) is 56.8. The van der Waals surface area contributed by atoms with E-state index in [9.17, 15) is 29.1 Å². The van der Waals surface area contributed by atoms with Crippen LogP contribution in [-0.4, -0.2) is 78.8 Å². The molecule has 0 aromatic heterocycles. The first-order chi connectivity index (χ1) is 14.0. The monoisotopic (exact) mass is 432 g/mol. The zero-order valence-electron chi connectivity index (χ0n) is 17.7. The first-order valence-electron chi connectivity index (χ1n) is 9.63. The number of carboxylic acid groups (broad SMARTS) is 2. The van der Waals surface area contributed by atoms with E-state index in [1.165, 1.54) is 20.8 Å². The Labute approximate surface area is 175 Å². The maximum absolute atomic E-state index is 12.1. The molecule has 0 saturated heterocycles. The van der Waals surface area contributed by atoms with Crippen LogP contribution < -0.4 is 10.6 Å². The van der Waals surface area contributed by atoms with Gasteiger partial charge in [-0.2, -0.15) is 0 Å². The minimum Gasteiger partial charge on any atom is -0.481 e. The number of Topliss-reactive ketones (excluding diaryl/α,β-unsaturated/α-hetero) is 1. The highest BCUT2D eigenvalue weighted by molar-refractivity contribution is 5.89. The van der Waals surface area contributed by atoms with Crippen LogP contribution in [0.4, 0.5) is 0 Å². The van der Waals surface area contributed by atoms with Gasteiger partial charge in [0.1, 0.15) is 11.8 Å². The van der Waals surface area contributed by atoms with E-state index in [0.717, 1.165) is 0 Å². The van der Waals surface area contributed by atoms with Crippen molar-refractivity contribution in [1.29, 1.82) is 0 Å². The van der Waals surface area contributed by atoms with Crippen LogP contribution in [0.25, 0.3) is 0 Å². The van der Waals surface area contributed by atoms with Gasteiger partial charge in [-0.1, -0.05) is 13.8 Å². The fraction of sp³-hybridized carbons (Fsp3) is 0.737. The van der Waals surface area contributed by atoms with E-state index in [1.54, 1.807) is 0 Å². The van der Waals surface area contributed by atoms with E-state index < -0.39 is 41.6 Å². The molecule has 172 valence electrons. The number of rotatable bonds is 17. The van der Waals surface area contributed by atoms with Gasteiger partial charge in [-0.25, -0.2) is 4.79 Å². The average molecular weight is 432 g/mol. The summed E-state index contributed by atoms with van der Waals surface area (Å²) in [5.74, 6) is -3.55. The molecule has 1 unspecified atom stereocenters. The molecule has 0 rings (SSSR count). The molecule has 0 aliphatic rings. The van der Waals surface area contributed by atoms with Crippen molar-refractivity contribution in [2.45, 2.75) is 52.5 Å². The molecular weight excluding hydrogens is 400 g/mol. The summed E-state index contributed by atoms with van der Waals surface area (Å²) in [6.45, 7) is 5.73. The van der Waals surface area contributed by atoms with Crippen molar-refractivity contribution < 1.29 is 43.7 Å². The average Bonchev–Trinajstić information content (AvgIpc) is 2.61. The quantitative estimate of drug-likeness (QED) is 0.231. The number of hydrogen-bond acceptors (Lipinski definition) is 7. The van der Waals surface area contributed by atoms with Gasteiger partial charge in [-0.15, -0.1) is 0 Å². The lowest BCUT2D eigenvalue weighted by Gasteiger charge is -2.24. The van der Waals surface area contributed by atoms with Crippen molar-refractivity contribution in [2.24, 2.45) is 5.41 Å². The summed E-state index contributed by atoms with van der Waals surface area (Å²) in [5, 5.41) is 22.9. The van der Waals surface area contributed by atoms with Crippen molar-refractivity contribution in [3.8, 4) is 0 Å².